The van der Waals surface area contributed by atoms with Crippen LogP contribution in [-0.4, -0.2) is 46.8 Å². The number of carboxylic acids is 1. The van der Waals surface area contributed by atoms with Crippen molar-refractivity contribution in [3.63, 3.8) is 0 Å². The van der Waals surface area contributed by atoms with E-state index in [1.165, 1.54) is 89.9 Å². The molecule has 42 heavy (non-hydrogen) atoms. The van der Waals surface area contributed by atoms with Gasteiger partial charge in [-0.2, -0.15) is 0 Å². The lowest BCUT2D eigenvalue weighted by Gasteiger charge is -2.19. The highest BCUT2D eigenvalue weighted by molar-refractivity contribution is 5.84. The number of aliphatic carboxylic acids is 1. The number of carboxylic acid groups (broad SMARTS) is 1. The van der Waals surface area contributed by atoms with E-state index in [0.717, 1.165) is 50.4 Å². The number of nitrogens with one attached hydrogen (secondary N) is 1. The second kappa shape index (κ2) is 28.2. The Morgan fingerprint density at radius 2 is 0.976 bits per heavy atom. The number of esters is 1. The minimum Gasteiger partial charge on any atom is -0.480 e. The molecule has 0 aromatic heterocycles. The molecule has 0 unspecified atom stereocenters. The van der Waals surface area contributed by atoms with Gasteiger partial charge in [0.15, 0.2) is 0 Å². The molecule has 7 nitrogen and oxygen atoms in total. The molecule has 0 spiro atoms. The van der Waals surface area contributed by atoms with E-state index in [1.807, 2.05) is 0 Å². The number of carbonyl (C=O) groups excluding carboxylic acids is 2. The first-order valence-electron chi connectivity index (χ1n) is 17.5. The van der Waals surface area contributed by atoms with Crippen molar-refractivity contribution < 1.29 is 29.3 Å². The van der Waals surface area contributed by atoms with E-state index in [2.05, 4.69) is 33.0 Å². The van der Waals surface area contributed by atoms with Crippen molar-refractivity contribution in [2.24, 2.45) is 11.8 Å². The molecule has 0 aliphatic carbocycles. The number of aliphatic hydroxyl groups excluding tert-OH is 1. The molecular formula is C35H67NO6. The maximum Gasteiger partial charge on any atom is 0.328 e. The van der Waals surface area contributed by atoms with E-state index < -0.39 is 30.6 Å². The molecule has 0 heterocycles. The number of rotatable bonds is 30. The molecule has 0 saturated carbocycles. The summed E-state index contributed by atoms with van der Waals surface area (Å²) >= 11 is 0. The second-order valence-corrected chi connectivity index (χ2v) is 13.2. The lowest BCUT2D eigenvalue weighted by atomic mass is 10.0. The predicted octanol–water partition coefficient (Wildman–Crippen LogP) is 8.74. The summed E-state index contributed by atoms with van der Waals surface area (Å²) in [6, 6.07) is -1.35. The maximum atomic E-state index is 12.5. The third-order valence-electron chi connectivity index (χ3n) is 8.00. The van der Waals surface area contributed by atoms with E-state index in [9.17, 15) is 19.5 Å². The van der Waals surface area contributed by atoms with E-state index in [1.54, 1.807) is 0 Å². The van der Waals surface area contributed by atoms with Crippen molar-refractivity contribution in [3.8, 4) is 0 Å². The van der Waals surface area contributed by atoms with Crippen molar-refractivity contribution in [3.05, 3.63) is 0 Å². The molecule has 0 fully saturated rings. The highest BCUT2D eigenvalue weighted by Crippen LogP contribution is 2.17. The van der Waals surface area contributed by atoms with Crippen molar-refractivity contribution in [1.82, 2.24) is 5.32 Å². The molecule has 0 aliphatic rings. The highest BCUT2D eigenvalue weighted by Gasteiger charge is 2.23. The summed E-state index contributed by atoms with van der Waals surface area (Å²) in [6.45, 7) is 8.43. The molecule has 248 valence electrons. The monoisotopic (exact) mass is 597 g/mol. The van der Waals surface area contributed by atoms with Gasteiger partial charge in [0.05, 0.1) is 13.0 Å². The van der Waals surface area contributed by atoms with Gasteiger partial charge < -0.3 is 20.3 Å². The standard InChI is InChI=1S/C35H67NO6/c1-29(2)23-19-15-11-7-5-9-13-17-21-25-31(27-33(38)36-32(28-37)35(40)41)42-34(39)26-22-18-14-10-6-8-12-16-20-24-30(3)4/h29-32,37H,5-28H2,1-4H3,(H,36,38)(H,40,41)/t31-,32-/m0/s1. The highest BCUT2D eigenvalue weighted by atomic mass is 16.5. The van der Waals surface area contributed by atoms with Crippen molar-refractivity contribution in [2.45, 2.75) is 188 Å². The van der Waals surface area contributed by atoms with Crippen LogP contribution in [0.3, 0.4) is 0 Å². The fourth-order valence-electron chi connectivity index (χ4n) is 5.31. The normalized spacial score (nSPS) is 12.9. The van der Waals surface area contributed by atoms with Crippen LogP contribution in [-0.2, 0) is 19.1 Å². The Bertz CT molecular complexity index is 666. The largest absolute Gasteiger partial charge is 0.480 e. The van der Waals surface area contributed by atoms with Gasteiger partial charge in [0.1, 0.15) is 12.1 Å². The van der Waals surface area contributed by atoms with Crippen LogP contribution < -0.4 is 5.32 Å². The van der Waals surface area contributed by atoms with Crippen LogP contribution in [0, 0.1) is 11.8 Å². The third-order valence-corrected chi connectivity index (χ3v) is 8.00. The number of ether oxygens (including phenoxy) is 1. The average Bonchev–Trinajstić information content (AvgIpc) is 2.92. The van der Waals surface area contributed by atoms with Crippen molar-refractivity contribution >= 4 is 17.8 Å². The summed E-state index contributed by atoms with van der Waals surface area (Å²) in [4.78, 5) is 36.1. The fourth-order valence-corrected chi connectivity index (χ4v) is 5.31. The molecule has 1 amide bonds. The minimum absolute atomic E-state index is 0.0803. The first-order valence-corrected chi connectivity index (χ1v) is 17.5. The number of carbonyl (C=O) groups is 3. The molecule has 2 atom stereocenters. The van der Waals surface area contributed by atoms with Crippen molar-refractivity contribution in [2.75, 3.05) is 6.61 Å². The smallest absolute Gasteiger partial charge is 0.328 e. The lowest BCUT2D eigenvalue weighted by Crippen LogP contribution is -2.44. The first kappa shape index (κ1) is 40.4. The Morgan fingerprint density at radius 1 is 0.595 bits per heavy atom. The number of hydrogen-bond donors (Lipinski definition) is 3. The summed E-state index contributed by atoms with van der Waals surface area (Å²) < 4.78 is 5.69. The van der Waals surface area contributed by atoms with Crippen LogP contribution in [0.15, 0.2) is 0 Å². The zero-order valence-corrected chi connectivity index (χ0v) is 27.8. The van der Waals surface area contributed by atoms with Crippen LogP contribution in [0.4, 0.5) is 0 Å². The number of aliphatic hydroxyl groups is 1. The van der Waals surface area contributed by atoms with Crippen LogP contribution >= 0.6 is 0 Å². The van der Waals surface area contributed by atoms with E-state index >= 15 is 0 Å². The maximum absolute atomic E-state index is 12.5. The average molecular weight is 598 g/mol. The quantitative estimate of drug-likeness (QED) is 0.0563. The molecular weight excluding hydrogens is 530 g/mol. The molecule has 7 heteroatoms. The predicted molar refractivity (Wildman–Crippen MR) is 172 cm³/mol. The van der Waals surface area contributed by atoms with Gasteiger partial charge in [0.25, 0.3) is 0 Å². The van der Waals surface area contributed by atoms with Gasteiger partial charge in [0.2, 0.25) is 5.91 Å². The Labute approximate surface area is 258 Å². The van der Waals surface area contributed by atoms with Gasteiger partial charge in [-0.25, -0.2) is 4.79 Å². The Morgan fingerprint density at radius 3 is 1.36 bits per heavy atom. The van der Waals surface area contributed by atoms with Gasteiger partial charge in [-0.1, -0.05) is 143 Å². The van der Waals surface area contributed by atoms with Crippen LogP contribution in [0.1, 0.15) is 175 Å². The van der Waals surface area contributed by atoms with Crippen molar-refractivity contribution in [1.29, 1.82) is 0 Å². The van der Waals surface area contributed by atoms with Gasteiger partial charge in [-0.15, -0.1) is 0 Å². The Kier molecular flexibility index (Phi) is 27.1. The number of hydrogen-bond acceptors (Lipinski definition) is 5. The molecule has 3 N–H and O–H groups in total. The summed E-state index contributed by atoms with van der Waals surface area (Å²) in [5, 5.41) is 20.6. The van der Waals surface area contributed by atoms with Gasteiger partial charge in [0, 0.05) is 6.42 Å². The molecule has 0 saturated heterocycles. The topological polar surface area (TPSA) is 113 Å². The fraction of sp³-hybridized carbons (Fsp3) is 0.914. The molecule has 0 rings (SSSR count). The number of unbranched alkanes of at least 4 members (excludes halogenated alkanes) is 16. The first-order chi connectivity index (χ1) is 20.1. The molecule has 0 aromatic rings. The van der Waals surface area contributed by atoms with E-state index in [0.29, 0.717) is 12.8 Å². The van der Waals surface area contributed by atoms with E-state index in [-0.39, 0.29) is 12.4 Å². The molecule has 0 aromatic carbocycles. The second-order valence-electron chi connectivity index (χ2n) is 13.2. The summed E-state index contributed by atoms with van der Waals surface area (Å²) in [7, 11) is 0. The van der Waals surface area contributed by atoms with Gasteiger partial charge in [-0.3, -0.25) is 9.59 Å². The van der Waals surface area contributed by atoms with Crippen LogP contribution in [0.5, 0.6) is 0 Å². The SMILES string of the molecule is CC(C)CCCCCCCCCCCC(=O)O[C@@H](CCCCCCCCCCCC(C)C)CC(=O)N[C@@H](CO)C(=O)O. The van der Waals surface area contributed by atoms with Crippen LogP contribution in [0.2, 0.25) is 0 Å². The number of amides is 1. The Balaban J connectivity index is 4.26. The zero-order chi connectivity index (χ0) is 31.4. The molecule has 0 aliphatic heterocycles. The third kappa shape index (κ3) is 27.2. The minimum atomic E-state index is -1.35. The molecule has 0 radical (unpaired) electrons. The summed E-state index contributed by atoms with van der Waals surface area (Å²) in [5.74, 6) is -0.497. The summed E-state index contributed by atoms with van der Waals surface area (Å²) in [5.41, 5.74) is 0. The van der Waals surface area contributed by atoms with Gasteiger partial charge >= 0.3 is 11.9 Å². The Hall–Kier alpha value is -1.63. The zero-order valence-electron chi connectivity index (χ0n) is 27.8. The lowest BCUT2D eigenvalue weighted by molar-refractivity contribution is -0.152. The van der Waals surface area contributed by atoms with Crippen LogP contribution in [0.25, 0.3) is 0 Å². The van der Waals surface area contributed by atoms with E-state index in [4.69, 9.17) is 9.84 Å². The van der Waals surface area contributed by atoms with Gasteiger partial charge in [-0.05, 0) is 31.1 Å². The summed E-state index contributed by atoms with van der Waals surface area (Å²) in [6.07, 6.45) is 24.3. The molecule has 0 bridgehead atoms.